The molecule has 0 amide bonds. The lowest BCUT2D eigenvalue weighted by Gasteiger charge is -2.24. The smallest absolute Gasteiger partial charge is 0.318 e. The first-order valence-electron chi connectivity index (χ1n) is 5.46. The topological polar surface area (TPSA) is 44.8 Å². The third-order valence-electron chi connectivity index (χ3n) is 2.73. The molecule has 100 valence electrons. The van der Waals surface area contributed by atoms with Crippen molar-refractivity contribution in [3.05, 3.63) is 35.4 Å². The number of hydrogen-bond donors (Lipinski definition) is 0. The van der Waals surface area contributed by atoms with Crippen LogP contribution in [-0.2, 0) is 24.9 Å². The second-order valence-corrected chi connectivity index (χ2v) is 3.94. The van der Waals surface area contributed by atoms with Crippen LogP contribution >= 0.6 is 11.6 Å². The van der Waals surface area contributed by atoms with E-state index in [4.69, 9.17) is 25.8 Å². The maximum atomic E-state index is 11.9. The van der Waals surface area contributed by atoms with Crippen LogP contribution in [0.4, 0.5) is 0 Å². The Kier molecular flexibility index (Phi) is 6.12. The maximum Gasteiger partial charge on any atom is 0.318 e. The van der Waals surface area contributed by atoms with Crippen LogP contribution in [0.2, 0.25) is 0 Å². The van der Waals surface area contributed by atoms with Crippen molar-refractivity contribution in [2.45, 2.75) is 18.1 Å². The summed E-state index contributed by atoms with van der Waals surface area (Å²) < 4.78 is 15.2. The summed E-state index contributed by atoms with van der Waals surface area (Å²) in [4.78, 5) is 11.9. The fraction of sp³-hybridized carbons (Fsp3) is 0.462. The monoisotopic (exact) mass is 272 g/mol. The van der Waals surface area contributed by atoms with Crippen LogP contribution in [0, 0.1) is 0 Å². The molecule has 5 heteroatoms. The molecule has 4 nitrogen and oxygen atoms in total. The standard InChI is InChI=1S/C13H17ClO4/c1-16-12(15)11(13(17-2)18-3)10-7-5-4-6-9(10)8-14/h4-7,11,13H,8H2,1-3H3. The molecule has 0 spiro atoms. The van der Waals surface area contributed by atoms with Crippen LogP contribution in [0.5, 0.6) is 0 Å². The minimum absolute atomic E-state index is 0.309. The molecule has 0 aliphatic heterocycles. The predicted octanol–water partition coefficient (Wildman–Crippen LogP) is 2.30. The van der Waals surface area contributed by atoms with Crippen LogP contribution in [0.1, 0.15) is 17.0 Å². The van der Waals surface area contributed by atoms with Crippen LogP contribution < -0.4 is 0 Å². The van der Waals surface area contributed by atoms with Gasteiger partial charge in [-0.15, -0.1) is 11.6 Å². The van der Waals surface area contributed by atoms with E-state index in [-0.39, 0.29) is 0 Å². The van der Waals surface area contributed by atoms with Crippen molar-refractivity contribution in [2.24, 2.45) is 0 Å². The second kappa shape index (κ2) is 7.36. The Balaban J connectivity index is 3.20. The van der Waals surface area contributed by atoms with Crippen molar-refractivity contribution in [3.63, 3.8) is 0 Å². The molecule has 0 aliphatic rings. The Morgan fingerprint density at radius 1 is 1.22 bits per heavy atom. The second-order valence-electron chi connectivity index (χ2n) is 3.67. The number of carbonyl (C=O) groups excluding carboxylic acids is 1. The van der Waals surface area contributed by atoms with Crippen molar-refractivity contribution in [2.75, 3.05) is 21.3 Å². The predicted molar refractivity (Wildman–Crippen MR) is 68.6 cm³/mol. The van der Waals surface area contributed by atoms with E-state index in [0.717, 1.165) is 11.1 Å². The third-order valence-corrected chi connectivity index (χ3v) is 3.01. The molecule has 0 fully saturated rings. The zero-order valence-corrected chi connectivity index (χ0v) is 11.4. The molecule has 1 unspecified atom stereocenters. The van der Waals surface area contributed by atoms with Gasteiger partial charge < -0.3 is 14.2 Å². The van der Waals surface area contributed by atoms with Gasteiger partial charge in [0.15, 0.2) is 6.29 Å². The van der Waals surface area contributed by atoms with Crippen LogP contribution in [0.3, 0.4) is 0 Å². The molecule has 1 atom stereocenters. The summed E-state index contributed by atoms with van der Waals surface area (Å²) in [6.07, 6.45) is -0.707. The number of hydrogen-bond acceptors (Lipinski definition) is 4. The molecule has 0 radical (unpaired) electrons. The lowest BCUT2D eigenvalue weighted by atomic mass is 9.94. The van der Waals surface area contributed by atoms with Crippen molar-refractivity contribution in [1.82, 2.24) is 0 Å². The molecule has 0 aromatic heterocycles. The van der Waals surface area contributed by atoms with Gasteiger partial charge >= 0.3 is 5.97 Å². The number of halogens is 1. The number of alkyl halides is 1. The van der Waals surface area contributed by atoms with E-state index in [2.05, 4.69) is 0 Å². The molecule has 1 rings (SSSR count). The van der Waals surface area contributed by atoms with Gasteiger partial charge in [0.25, 0.3) is 0 Å². The van der Waals surface area contributed by atoms with E-state index in [1.165, 1.54) is 21.3 Å². The van der Waals surface area contributed by atoms with Gasteiger partial charge in [0.1, 0.15) is 5.92 Å². The Labute approximate surface area is 112 Å². The Morgan fingerprint density at radius 2 is 1.83 bits per heavy atom. The van der Waals surface area contributed by atoms with E-state index in [1.807, 2.05) is 24.3 Å². The third kappa shape index (κ3) is 3.22. The summed E-state index contributed by atoms with van der Waals surface area (Å²) in [5, 5.41) is 0. The summed E-state index contributed by atoms with van der Waals surface area (Å²) in [6, 6.07) is 7.39. The first-order valence-corrected chi connectivity index (χ1v) is 6.00. The van der Waals surface area contributed by atoms with E-state index in [1.54, 1.807) is 0 Å². The summed E-state index contributed by atoms with van der Waals surface area (Å²) in [5.74, 6) is -0.759. The Morgan fingerprint density at radius 3 is 2.33 bits per heavy atom. The van der Waals surface area contributed by atoms with Gasteiger partial charge in [-0.25, -0.2) is 0 Å². The van der Waals surface area contributed by atoms with Crippen molar-refractivity contribution in [1.29, 1.82) is 0 Å². The lowest BCUT2D eigenvalue weighted by Crippen LogP contribution is -2.31. The van der Waals surface area contributed by atoms with E-state index >= 15 is 0 Å². The minimum atomic E-state index is -0.707. The molecule has 0 N–H and O–H groups in total. The van der Waals surface area contributed by atoms with Gasteiger partial charge in [0.05, 0.1) is 7.11 Å². The van der Waals surface area contributed by atoms with E-state index < -0.39 is 18.2 Å². The van der Waals surface area contributed by atoms with Gasteiger partial charge in [0, 0.05) is 20.1 Å². The summed E-state index contributed by atoms with van der Waals surface area (Å²) >= 11 is 5.88. The highest BCUT2D eigenvalue weighted by molar-refractivity contribution is 6.17. The first kappa shape index (κ1) is 15.0. The first-order chi connectivity index (χ1) is 8.69. The summed E-state index contributed by atoms with van der Waals surface area (Å²) in [6.45, 7) is 0. The van der Waals surface area contributed by atoms with Gasteiger partial charge in [-0.2, -0.15) is 0 Å². The fourth-order valence-electron chi connectivity index (χ4n) is 1.84. The number of esters is 1. The highest BCUT2D eigenvalue weighted by atomic mass is 35.5. The van der Waals surface area contributed by atoms with Crippen LogP contribution in [-0.4, -0.2) is 33.6 Å². The fourth-order valence-corrected chi connectivity index (χ4v) is 2.08. The zero-order chi connectivity index (χ0) is 13.5. The molecule has 1 aromatic rings. The normalized spacial score (nSPS) is 12.5. The molecule has 1 aromatic carbocycles. The van der Waals surface area contributed by atoms with Gasteiger partial charge in [-0.1, -0.05) is 24.3 Å². The number of methoxy groups -OCH3 is 3. The quantitative estimate of drug-likeness (QED) is 0.453. The van der Waals surface area contributed by atoms with Crippen molar-refractivity contribution >= 4 is 17.6 Å². The number of rotatable bonds is 6. The number of ether oxygens (including phenoxy) is 3. The highest BCUT2D eigenvalue weighted by Crippen LogP contribution is 2.27. The Hall–Kier alpha value is -1.10. The van der Waals surface area contributed by atoms with Crippen LogP contribution in [0.25, 0.3) is 0 Å². The van der Waals surface area contributed by atoms with Gasteiger partial charge in [-0.3, -0.25) is 4.79 Å². The average molecular weight is 273 g/mol. The molecule has 0 saturated carbocycles. The largest absolute Gasteiger partial charge is 0.468 e. The van der Waals surface area contributed by atoms with Gasteiger partial charge in [-0.05, 0) is 11.1 Å². The molecule has 18 heavy (non-hydrogen) atoms. The number of carbonyl (C=O) groups is 1. The minimum Gasteiger partial charge on any atom is -0.468 e. The molecular formula is C13H17ClO4. The van der Waals surface area contributed by atoms with Crippen molar-refractivity contribution in [3.8, 4) is 0 Å². The van der Waals surface area contributed by atoms with E-state index in [9.17, 15) is 4.79 Å². The van der Waals surface area contributed by atoms with Crippen molar-refractivity contribution < 1.29 is 19.0 Å². The highest BCUT2D eigenvalue weighted by Gasteiger charge is 2.32. The zero-order valence-electron chi connectivity index (χ0n) is 10.7. The average Bonchev–Trinajstić information content (AvgIpc) is 2.43. The SMILES string of the molecule is COC(=O)C(c1ccccc1CCl)C(OC)OC. The maximum absolute atomic E-state index is 11.9. The molecule has 0 bridgehead atoms. The lowest BCUT2D eigenvalue weighted by molar-refractivity contribution is -0.163. The Bertz CT molecular complexity index is 390. The number of benzene rings is 1. The molecule has 0 heterocycles. The molecular weight excluding hydrogens is 256 g/mol. The van der Waals surface area contributed by atoms with E-state index in [0.29, 0.717) is 5.88 Å². The molecule has 0 saturated heterocycles. The summed E-state index contributed by atoms with van der Waals surface area (Å²) in [5.41, 5.74) is 1.61. The molecule has 0 aliphatic carbocycles. The van der Waals surface area contributed by atoms with Gasteiger partial charge in [0.2, 0.25) is 0 Å². The summed E-state index contributed by atoms with van der Waals surface area (Å²) in [7, 11) is 4.29. The van der Waals surface area contributed by atoms with Crippen LogP contribution in [0.15, 0.2) is 24.3 Å².